The van der Waals surface area contributed by atoms with Gasteiger partial charge in [-0.15, -0.1) is 0 Å². The molecule has 0 spiro atoms. The van der Waals surface area contributed by atoms with Crippen molar-refractivity contribution >= 4 is 11.9 Å². The summed E-state index contributed by atoms with van der Waals surface area (Å²) in [7, 11) is 1.77. The Hall–Kier alpha value is -1.94. The van der Waals surface area contributed by atoms with Gasteiger partial charge in [0, 0.05) is 52.2 Å². The summed E-state index contributed by atoms with van der Waals surface area (Å²) in [5, 5.41) is 1.63. The Balaban J connectivity index is 1.82. The van der Waals surface area contributed by atoms with Gasteiger partial charge in [-0.05, 0) is 6.42 Å². The molecule has 0 aromatic carbocycles. The normalized spacial score (nSPS) is 15.8. The average molecular weight is 361 g/mol. The predicted octanol–water partition coefficient (Wildman–Crippen LogP) is 1.42. The minimum Gasteiger partial charge on any atom is -0.337 e. The van der Waals surface area contributed by atoms with E-state index in [9.17, 15) is 18.0 Å². The number of hydroxylamine groups is 2. The van der Waals surface area contributed by atoms with Crippen molar-refractivity contribution in [3.05, 3.63) is 18.0 Å². The molecule has 1 aromatic heterocycles. The number of hydrogen-bond acceptors (Lipinski definition) is 6. The number of nitrogens with zero attached hydrogens (tertiary/aromatic N) is 5. The number of anilines is 1. The summed E-state index contributed by atoms with van der Waals surface area (Å²) >= 11 is 0. The quantitative estimate of drug-likeness (QED) is 0.714. The largest absolute Gasteiger partial charge is 0.419 e. The standard InChI is InChI=1S/C15H22F3N5O2/c1-3-4-21(2)25-11-13(24)22-5-7-23(8-6-22)14-19-9-12(10-20-14)15(16,17)18/h9-10H,3-8,11H2,1-2H3. The van der Waals surface area contributed by atoms with Crippen LogP contribution in [0.3, 0.4) is 0 Å². The van der Waals surface area contributed by atoms with Gasteiger partial charge in [-0.1, -0.05) is 6.92 Å². The van der Waals surface area contributed by atoms with Crippen LogP contribution in [0.4, 0.5) is 19.1 Å². The number of halogens is 3. The topological polar surface area (TPSA) is 61.8 Å². The van der Waals surface area contributed by atoms with Gasteiger partial charge in [0.2, 0.25) is 5.95 Å². The lowest BCUT2D eigenvalue weighted by Crippen LogP contribution is -2.50. The molecular formula is C15H22F3N5O2. The first kappa shape index (κ1) is 19.4. The lowest BCUT2D eigenvalue weighted by atomic mass is 10.3. The van der Waals surface area contributed by atoms with Gasteiger partial charge in [-0.25, -0.2) is 9.97 Å². The van der Waals surface area contributed by atoms with Crippen LogP contribution < -0.4 is 4.90 Å². The third-order valence-electron chi connectivity index (χ3n) is 3.83. The van der Waals surface area contributed by atoms with Gasteiger partial charge in [0.25, 0.3) is 5.91 Å². The average Bonchev–Trinajstić information content (AvgIpc) is 2.59. The van der Waals surface area contributed by atoms with Crippen molar-refractivity contribution in [1.29, 1.82) is 0 Å². The van der Waals surface area contributed by atoms with Crippen LogP contribution in [-0.4, -0.2) is 72.2 Å². The number of alkyl halides is 3. The molecule has 2 rings (SSSR count). The van der Waals surface area contributed by atoms with Gasteiger partial charge in [-0.2, -0.15) is 18.2 Å². The molecule has 0 aliphatic carbocycles. The van der Waals surface area contributed by atoms with E-state index >= 15 is 0 Å². The first-order chi connectivity index (χ1) is 11.8. The molecule has 140 valence electrons. The maximum absolute atomic E-state index is 12.5. The second-order valence-corrected chi connectivity index (χ2v) is 5.76. The summed E-state index contributed by atoms with van der Waals surface area (Å²) in [4.78, 5) is 28.4. The highest BCUT2D eigenvalue weighted by Crippen LogP contribution is 2.28. The molecule has 25 heavy (non-hydrogen) atoms. The maximum atomic E-state index is 12.5. The van der Waals surface area contributed by atoms with E-state index in [2.05, 4.69) is 9.97 Å². The van der Waals surface area contributed by atoms with Crippen LogP contribution in [0.1, 0.15) is 18.9 Å². The van der Waals surface area contributed by atoms with E-state index in [1.54, 1.807) is 21.9 Å². The van der Waals surface area contributed by atoms with Crippen LogP contribution in [0.5, 0.6) is 0 Å². The Bertz CT molecular complexity index is 559. The zero-order valence-electron chi connectivity index (χ0n) is 14.3. The number of rotatable bonds is 6. The van der Waals surface area contributed by atoms with Gasteiger partial charge in [0.05, 0.1) is 5.56 Å². The van der Waals surface area contributed by atoms with E-state index in [0.717, 1.165) is 25.4 Å². The van der Waals surface area contributed by atoms with Crippen molar-refractivity contribution in [2.45, 2.75) is 19.5 Å². The van der Waals surface area contributed by atoms with E-state index < -0.39 is 11.7 Å². The zero-order valence-corrected chi connectivity index (χ0v) is 14.3. The molecule has 1 aromatic rings. The summed E-state index contributed by atoms with van der Waals surface area (Å²) in [6.45, 7) is 4.56. The number of aromatic nitrogens is 2. The Labute approximate surface area is 144 Å². The number of amides is 1. The van der Waals surface area contributed by atoms with E-state index in [0.29, 0.717) is 26.2 Å². The van der Waals surface area contributed by atoms with Crippen LogP contribution >= 0.6 is 0 Å². The van der Waals surface area contributed by atoms with Crippen LogP contribution in [0.2, 0.25) is 0 Å². The molecule has 1 aliphatic heterocycles. The van der Waals surface area contributed by atoms with E-state index in [1.807, 2.05) is 6.92 Å². The molecule has 1 aliphatic rings. The Morgan fingerprint density at radius 2 is 1.84 bits per heavy atom. The molecule has 0 N–H and O–H groups in total. The smallest absolute Gasteiger partial charge is 0.337 e. The third-order valence-corrected chi connectivity index (χ3v) is 3.83. The lowest BCUT2D eigenvalue weighted by Gasteiger charge is -2.34. The molecular weight excluding hydrogens is 339 g/mol. The van der Waals surface area contributed by atoms with E-state index in [4.69, 9.17) is 4.84 Å². The minimum absolute atomic E-state index is 0.0206. The molecule has 10 heteroatoms. The zero-order chi connectivity index (χ0) is 18.4. The molecule has 1 fully saturated rings. The van der Waals surface area contributed by atoms with Crippen LogP contribution in [0.25, 0.3) is 0 Å². The first-order valence-corrected chi connectivity index (χ1v) is 8.07. The van der Waals surface area contributed by atoms with E-state index in [1.165, 1.54) is 0 Å². The monoisotopic (exact) mass is 361 g/mol. The summed E-state index contributed by atoms with van der Waals surface area (Å²) < 4.78 is 37.6. The third kappa shape index (κ3) is 5.53. The summed E-state index contributed by atoms with van der Waals surface area (Å²) in [5.74, 6) is 0.120. The molecule has 2 heterocycles. The van der Waals surface area contributed by atoms with Crippen molar-refractivity contribution < 1.29 is 22.8 Å². The van der Waals surface area contributed by atoms with Gasteiger partial charge in [0.15, 0.2) is 0 Å². The summed E-state index contributed by atoms with van der Waals surface area (Å²) in [5.41, 5.74) is -0.876. The summed E-state index contributed by atoms with van der Waals surface area (Å²) in [6.07, 6.45) is -1.97. The number of carbonyl (C=O) groups excluding carboxylic acids is 1. The Kier molecular flexibility index (Phi) is 6.54. The van der Waals surface area contributed by atoms with Crippen LogP contribution in [0, 0.1) is 0 Å². The van der Waals surface area contributed by atoms with Gasteiger partial charge in [0.1, 0.15) is 6.61 Å². The number of carbonyl (C=O) groups is 1. The summed E-state index contributed by atoms with van der Waals surface area (Å²) in [6, 6.07) is 0. The second kappa shape index (κ2) is 8.43. The molecule has 1 amide bonds. The fourth-order valence-corrected chi connectivity index (χ4v) is 2.42. The van der Waals surface area contributed by atoms with Crippen LogP contribution in [0.15, 0.2) is 12.4 Å². The van der Waals surface area contributed by atoms with Crippen molar-refractivity contribution in [2.75, 3.05) is 51.3 Å². The highest BCUT2D eigenvalue weighted by Gasteiger charge is 2.32. The fourth-order valence-electron chi connectivity index (χ4n) is 2.42. The lowest BCUT2D eigenvalue weighted by molar-refractivity contribution is -0.167. The highest BCUT2D eigenvalue weighted by atomic mass is 19.4. The van der Waals surface area contributed by atoms with Gasteiger partial charge in [-0.3, -0.25) is 9.63 Å². The predicted molar refractivity (Wildman–Crippen MR) is 84.7 cm³/mol. The minimum atomic E-state index is -4.45. The molecule has 1 saturated heterocycles. The molecule has 0 unspecified atom stereocenters. The van der Waals surface area contributed by atoms with Gasteiger partial charge < -0.3 is 9.80 Å². The maximum Gasteiger partial charge on any atom is 0.419 e. The molecule has 0 saturated carbocycles. The molecule has 7 nitrogen and oxygen atoms in total. The Morgan fingerprint density at radius 1 is 1.24 bits per heavy atom. The molecule has 0 radical (unpaired) electrons. The Morgan fingerprint density at radius 3 is 2.36 bits per heavy atom. The van der Waals surface area contributed by atoms with E-state index in [-0.39, 0.29) is 18.5 Å². The number of piperazine rings is 1. The highest BCUT2D eigenvalue weighted by molar-refractivity contribution is 5.77. The van der Waals surface area contributed by atoms with Crippen molar-refractivity contribution in [1.82, 2.24) is 19.9 Å². The van der Waals surface area contributed by atoms with Crippen molar-refractivity contribution in [3.63, 3.8) is 0 Å². The number of hydrogen-bond donors (Lipinski definition) is 0. The molecule has 0 atom stereocenters. The SMILES string of the molecule is CCCN(C)OCC(=O)N1CCN(c2ncc(C(F)(F)F)cn2)CC1. The second-order valence-electron chi connectivity index (χ2n) is 5.76. The molecule has 0 bridgehead atoms. The fraction of sp³-hybridized carbons (Fsp3) is 0.667. The first-order valence-electron chi connectivity index (χ1n) is 8.07. The van der Waals surface area contributed by atoms with Gasteiger partial charge >= 0.3 is 6.18 Å². The van der Waals surface area contributed by atoms with Crippen molar-refractivity contribution in [3.8, 4) is 0 Å². The van der Waals surface area contributed by atoms with Crippen molar-refractivity contribution in [2.24, 2.45) is 0 Å². The van der Waals surface area contributed by atoms with Crippen LogP contribution in [-0.2, 0) is 15.8 Å².